The zero-order chi connectivity index (χ0) is 23.1. The van der Waals surface area contributed by atoms with Gasteiger partial charge in [-0.25, -0.2) is 23.1 Å². The number of benzene rings is 1. The van der Waals surface area contributed by atoms with Gasteiger partial charge >= 0.3 is 0 Å². The average Bonchev–Trinajstić information content (AvgIpc) is 3.22. The zero-order valence-corrected chi connectivity index (χ0v) is 17.7. The Morgan fingerprint density at radius 3 is 2.59 bits per heavy atom. The van der Waals surface area contributed by atoms with Crippen LogP contribution in [0, 0.1) is 5.82 Å². The number of halogens is 3. The number of aliphatic hydroxyl groups is 1. The third kappa shape index (κ3) is 5.93. The second-order valence-corrected chi connectivity index (χ2v) is 7.47. The van der Waals surface area contributed by atoms with Crippen molar-refractivity contribution < 1.29 is 27.8 Å². The number of aliphatic hydroxyl groups excluding tert-OH is 1. The molecule has 0 atom stereocenters. The van der Waals surface area contributed by atoms with Gasteiger partial charge in [-0.2, -0.15) is 0 Å². The fourth-order valence-corrected chi connectivity index (χ4v) is 3.36. The summed E-state index contributed by atoms with van der Waals surface area (Å²) in [5.41, 5.74) is 0.668. The van der Waals surface area contributed by atoms with E-state index < -0.39 is 24.4 Å². The summed E-state index contributed by atoms with van der Waals surface area (Å²) >= 11 is 0. The van der Waals surface area contributed by atoms with Crippen LogP contribution in [0.3, 0.4) is 0 Å². The molecule has 0 unspecified atom stereocenters. The predicted octanol–water partition coefficient (Wildman–Crippen LogP) is 2.08. The summed E-state index contributed by atoms with van der Waals surface area (Å²) in [6.07, 6.45) is -2.22. The molecular formula is C21H26F3N5O3. The van der Waals surface area contributed by atoms with E-state index in [0.29, 0.717) is 23.5 Å². The quantitative estimate of drug-likeness (QED) is 0.648. The highest BCUT2D eigenvalue weighted by molar-refractivity contribution is 5.55. The van der Waals surface area contributed by atoms with Crippen molar-refractivity contribution in [2.24, 2.45) is 0 Å². The molecule has 0 saturated carbocycles. The molecule has 0 bridgehead atoms. The molecule has 1 aromatic carbocycles. The Balaban J connectivity index is 0.000000352. The summed E-state index contributed by atoms with van der Waals surface area (Å²) in [5, 5.41) is 12.2. The summed E-state index contributed by atoms with van der Waals surface area (Å²) in [6, 6.07) is 3.80. The van der Waals surface area contributed by atoms with Gasteiger partial charge in [-0.1, -0.05) is 18.2 Å². The maximum Gasteiger partial charge on any atom is 0.266 e. The number of hydrogen-bond donors (Lipinski definition) is 2. The molecule has 3 heterocycles. The fourth-order valence-electron chi connectivity index (χ4n) is 3.36. The van der Waals surface area contributed by atoms with Gasteiger partial charge in [0.05, 0.1) is 37.6 Å². The van der Waals surface area contributed by atoms with Crippen LogP contribution in [0.15, 0.2) is 18.2 Å². The third-order valence-electron chi connectivity index (χ3n) is 5.17. The number of alkyl halides is 2. The van der Waals surface area contributed by atoms with Crippen LogP contribution >= 0.6 is 0 Å². The molecule has 32 heavy (non-hydrogen) atoms. The monoisotopic (exact) mass is 453 g/mol. The number of aromatic nitrogens is 2. The molecule has 1 amide bonds. The number of morpholine rings is 1. The van der Waals surface area contributed by atoms with E-state index in [-0.39, 0.29) is 31.0 Å². The molecule has 0 spiro atoms. The van der Waals surface area contributed by atoms with Crippen molar-refractivity contribution in [3.63, 3.8) is 0 Å². The molecule has 2 aromatic rings. The topological polar surface area (TPSA) is 90.8 Å². The van der Waals surface area contributed by atoms with E-state index in [2.05, 4.69) is 27.2 Å². The van der Waals surface area contributed by atoms with Crippen LogP contribution in [0.2, 0.25) is 0 Å². The van der Waals surface area contributed by atoms with Crippen molar-refractivity contribution in [2.75, 3.05) is 38.7 Å². The molecule has 2 aliphatic heterocycles. The van der Waals surface area contributed by atoms with Crippen molar-refractivity contribution in [1.82, 2.24) is 19.8 Å². The van der Waals surface area contributed by atoms with E-state index in [1.54, 1.807) is 0 Å². The van der Waals surface area contributed by atoms with Crippen molar-refractivity contribution in [3.8, 4) is 0 Å². The normalized spacial score (nSPS) is 15.9. The third-order valence-corrected chi connectivity index (χ3v) is 5.17. The minimum atomic E-state index is -2.90. The maximum absolute atomic E-state index is 14.1. The summed E-state index contributed by atoms with van der Waals surface area (Å²) in [7, 11) is 2.11. The highest BCUT2D eigenvalue weighted by Crippen LogP contribution is 2.28. The minimum Gasteiger partial charge on any atom is -0.388 e. The number of amides is 1. The van der Waals surface area contributed by atoms with Gasteiger partial charge in [0.15, 0.2) is 5.82 Å². The molecule has 0 radical (unpaired) electrons. The Kier molecular flexibility index (Phi) is 8.37. The fraction of sp³-hybridized carbons (Fsp3) is 0.476. The van der Waals surface area contributed by atoms with Crippen LogP contribution in [0.1, 0.15) is 34.6 Å². The van der Waals surface area contributed by atoms with Crippen molar-refractivity contribution in [3.05, 3.63) is 52.2 Å². The van der Waals surface area contributed by atoms with Gasteiger partial charge in [0.25, 0.3) is 6.43 Å². The summed E-state index contributed by atoms with van der Waals surface area (Å²) < 4.78 is 44.8. The summed E-state index contributed by atoms with van der Waals surface area (Å²) in [5.74, 6) is -0.455. The molecule has 11 heteroatoms. The molecule has 1 aromatic heterocycles. The first kappa shape index (κ1) is 23.9. The lowest BCUT2D eigenvalue weighted by atomic mass is 10.1. The second kappa shape index (κ2) is 11.2. The van der Waals surface area contributed by atoms with Crippen molar-refractivity contribution in [1.29, 1.82) is 0 Å². The molecule has 4 rings (SSSR count). The number of hydrogen-bond acceptors (Lipinski definition) is 7. The van der Waals surface area contributed by atoms with Gasteiger partial charge in [-0.05, 0) is 7.05 Å². The molecule has 1 fully saturated rings. The number of fused-ring (bicyclic) bond motifs is 1. The second-order valence-electron chi connectivity index (χ2n) is 7.47. The Labute approximate surface area is 184 Å². The number of anilines is 1. The van der Waals surface area contributed by atoms with Crippen LogP contribution in [-0.4, -0.2) is 64.6 Å². The first-order chi connectivity index (χ1) is 15.4. The van der Waals surface area contributed by atoms with Gasteiger partial charge in [0.2, 0.25) is 6.41 Å². The number of nitrogens with zero attached hydrogens (tertiary/aromatic N) is 4. The largest absolute Gasteiger partial charge is 0.388 e. The molecule has 1 saturated heterocycles. The van der Waals surface area contributed by atoms with Crippen LogP contribution in [0.4, 0.5) is 19.0 Å². The Bertz CT molecular complexity index is 926. The zero-order valence-electron chi connectivity index (χ0n) is 17.7. The van der Waals surface area contributed by atoms with E-state index in [4.69, 9.17) is 4.74 Å². The first-order valence-corrected chi connectivity index (χ1v) is 10.2. The molecule has 2 N–H and O–H groups in total. The number of rotatable bonds is 6. The number of likely N-dealkylation sites (N-methyl/N-ethyl adjacent to an activating group) is 1. The maximum atomic E-state index is 14.1. The Hall–Kier alpha value is -2.76. The minimum absolute atomic E-state index is 0.0677. The number of nitrogens with one attached hydrogen (secondary N) is 1. The molecule has 0 aliphatic carbocycles. The van der Waals surface area contributed by atoms with E-state index >= 15 is 0 Å². The van der Waals surface area contributed by atoms with Crippen LogP contribution in [0.5, 0.6) is 0 Å². The van der Waals surface area contributed by atoms with Gasteiger partial charge < -0.3 is 25.0 Å². The molecule has 2 aliphatic rings. The Morgan fingerprint density at radius 1 is 1.25 bits per heavy atom. The van der Waals surface area contributed by atoms with Gasteiger partial charge in [-0.3, -0.25) is 4.79 Å². The molecule has 8 nitrogen and oxygen atoms in total. The SMILES string of the molecule is CN1CCOCC1.O=CN1Cc2nc(CO)nc(NCc3cccc(C(F)F)c3F)c2C1. The average molecular weight is 453 g/mol. The summed E-state index contributed by atoms with van der Waals surface area (Å²) in [6.45, 7) is 4.14. The predicted molar refractivity (Wildman–Crippen MR) is 110 cm³/mol. The number of ether oxygens (including phenoxy) is 1. The highest BCUT2D eigenvalue weighted by atomic mass is 19.3. The smallest absolute Gasteiger partial charge is 0.266 e. The molecular weight excluding hydrogens is 427 g/mol. The van der Waals surface area contributed by atoms with Crippen LogP contribution < -0.4 is 5.32 Å². The van der Waals surface area contributed by atoms with Crippen LogP contribution in [0.25, 0.3) is 0 Å². The van der Waals surface area contributed by atoms with E-state index in [1.807, 2.05) is 0 Å². The lowest BCUT2D eigenvalue weighted by Crippen LogP contribution is -2.32. The van der Waals surface area contributed by atoms with Crippen molar-refractivity contribution >= 4 is 12.2 Å². The van der Waals surface area contributed by atoms with Gasteiger partial charge in [-0.15, -0.1) is 0 Å². The van der Waals surface area contributed by atoms with E-state index in [1.165, 1.54) is 17.0 Å². The van der Waals surface area contributed by atoms with E-state index in [9.17, 15) is 23.1 Å². The lowest BCUT2D eigenvalue weighted by molar-refractivity contribution is -0.118. The van der Waals surface area contributed by atoms with Crippen LogP contribution in [-0.2, 0) is 35.8 Å². The van der Waals surface area contributed by atoms with Crippen molar-refractivity contribution in [2.45, 2.75) is 32.7 Å². The summed E-state index contributed by atoms with van der Waals surface area (Å²) in [4.78, 5) is 23.0. The Morgan fingerprint density at radius 2 is 2.00 bits per heavy atom. The van der Waals surface area contributed by atoms with E-state index in [0.717, 1.165) is 32.4 Å². The number of carbonyl (C=O) groups is 1. The standard InChI is InChI=1S/C16H15F3N4O2.C5H11NO/c17-14-9(2-1-3-10(14)15(18)19)4-20-16-11-5-23(8-25)6-12(11)21-13(7-24)22-16;1-6-2-4-7-5-3-6/h1-3,8,15,24H,4-7H2,(H,20,21,22);2-5H2,1H3. The highest BCUT2D eigenvalue weighted by Gasteiger charge is 2.24. The van der Waals surface area contributed by atoms with Gasteiger partial charge in [0.1, 0.15) is 18.2 Å². The molecule has 174 valence electrons. The van der Waals surface area contributed by atoms with Gasteiger partial charge in [0, 0.05) is 30.8 Å². The first-order valence-electron chi connectivity index (χ1n) is 10.2. The number of carbonyl (C=O) groups excluding carboxylic acids is 1. The lowest BCUT2D eigenvalue weighted by Gasteiger charge is -2.21.